The molecular formula is C18H30N2O2S. The van der Waals surface area contributed by atoms with Crippen molar-refractivity contribution in [1.82, 2.24) is 9.62 Å². The van der Waals surface area contributed by atoms with Gasteiger partial charge in [0.25, 0.3) is 0 Å². The van der Waals surface area contributed by atoms with Crippen LogP contribution in [0.5, 0.6) is 0 Å². The van der Waals surface area contributed by atoms with Crippen LogP contribution in [0.2, 0.25) is 0 Å². The van der Waals surface area contributed by atoms with E-state index < -0.39 is 10.0 Å². The fraction of sp³-hybridized carbons (Fsp3) is 0.667. The van der Waals surface area contributed by atoms with Gasteiger partial charge in [0.05, 0.1) is 4.90 Å². The molecule has 1 aromatic carbocycles. The van der Waals surface area contributed by atoms with Gasteiger partial charge in [-0.1, -0.05) is 31.5 Å². The van der Waals surface area contributed by atoms with Gasteiger partial charge < -0.3 is 0 Å². The first-order chi connectivity index (χ1) is 10.8. The summed E-state index contributed by atoms with van der Waals surface area (Å²) in [5.41, 5.74) is 1.88. The van der Waals surface area contributed by atoms with Crippen LogP contribution in [0.3, 0.4) is 0 Å². The average Bonchev–Trinajstić information content (AvgIpc) is 2.96. The van der Waals surface area contributed by atoms with Gasteiger partial charge in [0.1, 0.15) is 0 Å². The van der Waals surface area contributed by atoms with Crippen LogP contribution in [0, 0.1) is 19.8 Å². The lowest BCUT2D eigenvalue weighted by Gasteiger charge is -2.29. The smallest absolute Gasteiger partial charge is 0.240 e. The second-order valence-corrected chi connectivity index (χ2v) is 8.88. The summed E-state index contributed by atoms with van der Waals surface area (Å²) < 4.78 is 28.1. The first kappa shape index (κ1) is 18.4. The van der Waals surface area contributed by atoms with Crippen LogP contribution >= 0.6 is 0 Å². The van der Waals surface area contributed by atoms with Crippen molar-refractivity contribution in [3.05, 3.63) is 29.3 Å². The van der Waals surface area contributed by atoms with Gasteiger partial charge in [0, 0.05) is 12.6 Å². The van der Waals surface area contributed by atoms with Gasteiger partial charge in [-0.2, -0.15) is 0 Å². The molecule has 23 heavy (non-hydrogen) atoms. The van der Waals surface area contributed by atoms with Gasteiger partial charge in [0.15, 0.2) is 0 Å². The van der Waals surface area contributed by atoms with Crippen molar-refractivity contribution >= 4 is 10.0 Å². The molecule has 0 amide bonds. The number of aryl methyl sites for hydroxylation is 2. The fourth-order valence-corrected chi connectivity index (χ4v) is 4.69. The van der Waals surface area contributed by atoms with E-state index in [1.807, 2.05) is 26.0 Å². The first-order valence-electron chi connectivity index (χ1n) is 8.60. The lowest BCUT2D eigenvalue weighted by Crippen LogP contribution is -2.43. The summed E-state index contributed by atoms with van der Waals surface area (Å²) >= 11 is 0. The number of nitrogens with one attached hydrogen (secondary N) is 1. The molecule has 1 fully saturated rings. The van der Waals surface area contributed by atoms with Crippen molar-refractivity contribution in [2.45, 2.75) is 57.9 Å². The number of rotatable bonds is 7. The normalized spacial score (nSPS) is 17.8. The van der Waals surface area contributed by atoms with E-state index in [1.165, 1.54) is 12.8 Å². The predicted molar refractivity (Wildman–Crippen MR) is 95.2 cm³/mol. The highest BCUT2D eigenvalue weighted by Crippen LogP contribution is 2.19. The topological polar surface area (TPSA) is 49.4 Å². The summed E-state index contributed by atoms with van der Waals surface area (Å²) in [5.74, 6) is 0.561. The molecule has 2 rings (SSSR count). The van der Waals surface area contributed by atoms with Gasteiger partial charge in [0.2, 0.25) is 10.0 Å². The third-order valence-corrected chi connectivity index (χ3v) is 6.11. The van der Waals surface area contributed by atoms with Gasteiger partial charge in [-0.25, -0.2) is 13.1 Å². The minimum absolute atomic E-state index is 0.290. The maximum atomic E-state index is 12.6. The number of hydrogen-bond acceptors (Lipinski definition) is 3. The molecular weight excluding hydrogens is 308 g/mol. The van der Waals surface area contributed by atoms with Gasteiger partial charge in [-0.3, -0.25) is 4.90 Å². The first-order valence-corrected chi connectivity index (χ1v) is 10.1. The molecule has 1 unspecified atom stereocenters. The SMILES string of the molecule is Cc1ccc(S(=O)(=O)NCC(CC(C)C)N2CCCC2)c(C)c1. The molecule has 1 aromatic rings. The third kappa shape index (κ3) is 5.03. The summed E-state index contributed by atoms with van der Waals surface area (Å²) in [6.45, 7) is 10.9. The Morgan fingerprint density at radius 1 is 1.17 bits per heavy atom. The van der Waals surface area contributed by atoms with Gasteiger partial charge in [-0.05, 0) is 63.7 Å². The predicted octanol–water partition coefficient (Wildman–Crippen LogP) is 3.09. The number of likely N-dealkylation sites (tertiary alicyclic amines) is 1. The summed E-state index contributed by atoms with van der Waals surface area (Å²) in [6.07, 6.45) is 3.46. The quantitative estimate of drug-likeness (QED) is 0.831. The number of nitrogens with zero attached hydrogens (tertiary/aromatic N) is 1. The summed E-state index contributed by atoms with van der Waals surface area (Å²) in [6, 6.07) is 5.77. The van der Waals surface area contributed by atoms with Gasteiger partial charge in [-0.15, -0.1) is 0 Å². The van der Waals surface area contributed by atoms with Crippen molar-refractivity contribution in [3.63, 3.8) is 0 Å². The lowest BCUT2D eigenvalue weighted by atomic mass is 10.0. The van der Waals surface area contributed by atoms with Crippen LogP contribution in [0.1, 0.15) is 44.2 Å². The zero-order valence-electron chi connectivity index (χ0n) is 14.8. The van der Waals surface area contributed by atoms with E-state index in [2.05, 4.69) is 23.5 Å². The Morgan fingerprint density at radius 2 is 1.83 bits per heavy atom. The lowest BCUT2D eigenvalue weighted by molar-refractivity contribution is 0.214. The van der Waals surface area contributed by atoms with Crippen molar-refractivity contribution < 1.29 is 8.42 Å². The van der Waals surface area contributed by atoms with Crippen LogP contribution in [0.15, 0.2) is 23.1 Å². The second-order valence-electron chi connectivity index (χ2n) is 7.15. The highest BCUT2D eigenvalue weighted by molar-refractivity contribution is 7.89. The third-order valence-electron chi connectivity index (χ3n) is 4.53. The van der Waals surface area contributed by atoms with Crippen molar-refractivity contribution in [2.24, 2.45) is 5.92 Å². The molecule has 0 aliphatic carbocycles. The van der Waals surface area contributed by atoms with Crippen LogP contribution < -0.4 is 4.72 Å². The average molecular weight is 339 g/mol. The van der Waals surface area contributed by atoms with E-state index in [-0.39, 0.29) is 6.04 Å². The molecule has 1 heterocycles. The Hall–Kier alpha value is -0.910. The van der Waals surface area contributed by atoms with Crippen molar-refractivity contribution in [3.8, 4) is 0 Å². The zero-order chi connectivity index (χ0) is 17.0. The number of benzene rings is 1. The molecule has 1 atom stereocenters. The number of hydrogen-bond donors (Lipinski definition) is 1. The van der Waals surface area contributed by atoms with Gasteiger partial charge >= 0.3 is 0 Å². The maximum Gasteiger partial charge on any atom is 0.240 e. The second kappa shape index (κ2) is 7.77. The number of sulfonamides is 1. The maximum absolute atomic E-state index is 12.6. The molecule has 0 spiro atoms. The molecule has 0 bridgehead atoms. The van der Waals surface area contributed by atoms with Crippen LogP contribution in [-0.2, 0) is 10.0 Å². The summed E-state index contributed by atoms with van der Waals surface area (Å²) in [5, 5.41) is 0. The summed E-state index contributed by atoms with van der Waals surface area (Å²) in [7, 11) is -3.44. The minimum Gasteiger partial charge on any atom is -0.299 e. The molecule has 0 aromatic heterocycles. The fourth-order valence-electron chi connectivity index (χ4n) is 3.40. The van der Waals surface area contributed by atoms with E-state index in [1.54, 1.807) is 6.07 Å². The van der Waals surface area contributed by atoms with Crippen LogP contribution in [0.4, 0.5) is 0 Å². The van der Waals surface area contributed by atoms with E-state index in [9.17, 15) is 8.42 Å². The highest BCUT2D eigenvalue weighted by atomic mass is 32.2. The molecule has 1 saturated heterocycles. The summed E-state index contributed by atoms with van der Waals surface area (Å²) in [4.78, 5) is 2.83. The molecule has 1 aliphatic heterocycles. The molecule has 5 heteroatoms. The van der Waals surface area contributed by atoms with Crippen molar-refractivity contribution in [1.29, 1.82) is 0 Å². The Bertz CT molecular complexity index is 620. The zero-order valence-corrected chi connectivity index (χ0v) is 15.6. The monoisotopic (exact) mass is 338 g/mol. The van der Waals surface area contributed by atoms with Crippen LogP contribution in [0.25, 0.3) is 0 Å². The minimum atomic E-state index is -3.44. The standard InChI is InChI=1S/C18H30N2O2S/c1-14(2)11-17(20-9-5-6-10-20)13-19-23(21,22)18-8-7-15(3)12-16(18)4/h7-8,12,14,17,19H,5-6,9-11,13H2,1-4H3. The Labute approximate surface area is 141 Å². The molecule has 4 nitrogen and oxygen atoms in total. The molecule has 130 valence electrons. The van der Waals surface area contributed by atoms with Crippen molar-refractivity contribution in [2.75, 3.05) is 19.6 Å². The van der Waals surface area contributed by atoms with E-state index >= 15 is 0 Å². The Balaban J connectivity index is 2.08. The van der Waals surface area contributed by atoms with E-state index in [0.29, 0.717) is 17.4 Å². The van der Waals surface area contributed by atoms with Crippen LogP contribution in [-0.4, -0.2) is 39.0 Å². The Kier molecular flexibility index (Phi) is 6.23. The highest BCUT2D eigenvalue weighted by Gasteiger charge is 2.25. The molecule has 0 saturated carbocycles. The molecule has 0 radical (unpaired) electrons. The van der Waals surface area contributed by atoms with E-state index in [0.717, 1.165) is 30.6 Å². The van der Waals surface area contributed by atoms with E-state index in [4.69, 9.17) is 0 Å². The largest absolute Gasteiger partial charge is 0.299 e. The molecule has 1 N–H and O–H groups in total. The Morgan fingerprint density at radius 3 is 2.39 bits per heavy atom. The molecule has 1 aliphatic rings.